The molecular weight excluding hydrogens is 344 g/mol. The van der Waals surface area contributed by atoms with E-state index < -0.39 is 11.8 Å². The Hall–Kier alpha value is -3.28. The molecule has 0 saturated heterocycles. The van der Waals surface area contributed by atoms with Gasteiger partial charge in [-0.3, -0.25) is 20.4 Å². The second-order valence-electron chi connectivity index (χ2n) is 6.25. The van der Waals surface area contributed by atoms with E-state index in [1.165, 1.54) is 6.08 Å². The molecule has 2 aromatic rings. The molecule has 6 nitrogen and oxygen atoms in total. The summed E-state index contributed by atoms with van der Waals surface area (Å²) in [5.74, 6) is 0.914. The molecule has 0 fully saturated rings. The van der Waals surface area contributed by atoms with Gasteiger partial charge in [0.05, 0.1) is 13.7 Å². The second kappa shape index (κ2) is 10.0. The minimum absolute atomic E-state index is 0.413. The van der Waals surface area contributed by atoms with E-state index in [1.54, 1.807) is 43.5 Å². The van der Waals surface area contributed by atoms with Crippen LogP contribution in [0, 0.1) is 5.92 Å². The van der Waals surface area contributed by atoms with Gasteiger partial charge in [-0.05, 0) is 42.3 Å². The zero-order valence-corrected chi connectivity index (χ0v) is 15.7. The summed E-state index contributed by atoms with van der Waals surface area (Å²) in [4.78, 5) is 24.0. The number of para-hydroxylation sites is 1. The van der Waals surface area contributed by atoms with Crippen molar-refractivity contribution >= 4 is 17.9 Å². The minimum Gasteiger partial charge on any atom is -0.496 e. The summed E-state index contributed by atoms with van der Waals surface area (Å²) in [7, 11) is 1.56. The average molecular weight is 368 g/mol. The molecule has 0 atom stereocenters. The SMILES string of the molecule is COc1ccccc1/C=C/C(=O)NNC(=O)c1ccc(OCC(C)C)cc1. The zero-order chi connectivity index (χ0) is 19.6. The number of hydrogen-bond donors (Lipinski definition) is 2. The first-order valence-corrected chi connectivity index (χ1v) is 8.64. The maximum absolute atomic E-state index is 12.1. The van der Waals surface area contributed by atoms with Crippen molar-refractivity contribution < 1.29 is 19.1 Å². The van der Waals surface area contributed by atoms with Crippen molar-refractivity contribution in [2.24, 2.45) is 5.92 Å². The van der Waals surface area contributed by atoms with Crippen LogP contribution in [0.2, 0.25) is 0 Å². The molecule has 0 spiro atoms. The molecule has 0 aliphatic carbocycles. The van der Waals surface area contributed by atoms with Crippen molar-refractivity contribution in [2.45, 2.75) is 13.8 Å². The molecule has 0 radical (unpaired) electrons. The molecule has 0 aromatic heterocycles. The largest absolute Gasteiger partial charge is 0.496 e. The summed E-state index contributed by atoms with van der Waals surface area (Å²) in [5.41, 5.74) is 5.90. The van der Waals surface area contributed by atoms with Crippen LogP contribution in [0.5, 0.6) is 11.5 Å². The first kappa shape index (κ1) is 20.0. The number of rotatable bonds is 7. The van der Waals surface area contributed by atoms with Gasteiger partial charge in [-0.25, -0.2) is 0 Å². The van der Waals surface area contributed by atoms with Crippen LogP contribution >= 0.6 is 0 Å². The Morgan fingerprint density at radius 3 is 2.41 bits per heavy atom. The van der Waals surface area contributed by atoms with Crippen LogP contribution in [0.15, 0.2) is 54.6 Å². The molecule has 2 N–H and O–H groups in total. The Kier molecular flexibility index (Phi) is 7.43. The smallest absolute Gasteiger partial charge is 0.269 e. The molecule has 6 heteroatoms. The Morgan fingerprint density at radius 2 is 1.74 bits per heavy atom. The van der Waals surface area contributed by atoms with E-state index >= 15 is 0 Å². The highest BCUT2D eigenvalue weighted by Gasteiger charge is 2.07. The van der Waals surface area contributed by atoms with Crippen LogP contribution in [-0.4, -0.2) is 25.5 Å². The number of hydrogen-bond acceptors (Lipinski definition) is 4. The fraction of sp³-hybridized carbons (Fsp3) is 0.238. The van der Waals surface area contributed by atoms with Crippen LogP contribution in [0.4, 0.5) is 0 Å². The third-order valence-corrected chi connectivity index (χ3v) is 3.55. The van der Waals surface area contributed by atoms with Crippen molar-refractivity contribution in [1.29, 1.82) is 0 Å². The van der Waals surface area contributed by atoms with Gasteiger partial charge in [-0.2, -0.15) is 0 Å². The lowest BCUT2D eigenvalue weighted by molar-refractivity contribution is -0.117. The van der Waals surface area contributed by atoms with E-state index in [-0.39, 0.29) is 0 Å². The third kappa shape index (κ3) is 6.51. The van der Waals surface area contributed by atoms with Gasteiger partial charge >= 0.3 is 0 Å². The molecule has 27 heavy (non-hydrogen) atoms. The summed E-state index contributed by atoms with van der Waals surface area (Å²) in [6, 6.07) is 14.0. The molecule has 2 amide bonds. The standard InChI is InChI=1S/C21H24N2O4/c1-15(2)14-27-18-11-8-17(9-12-18)21(25)23-22-20(24)13-10-16-6-4-5-7-19(16)26-3/h4-13,15H,14H2,1-3H3,(H,22,24)(H,23,25)/b13-10+. The highest BCUT2D eigenvalue weighted by atomic mass is 16.5. The monoisotopic (exact) mass is 368 g/mol. The number of carbonyl (C=O) groups excluding carboxylic acids is 2. The predicted octanol–water partition coefficient (Wildman–Crippen LogP) is 3.20. The molecule has 0 bridgehead atoms. The number of ether oxygens (including phenoxy) is 2. The number of amides is 2. The van der Waals surface area contributed by atoms with Gasteiger partial charge in [0.15, 0.2) is 0 Å². The van der Waals surface area contributed by atoms with Crippen LogP contribution in [0.3, 0.4) is 0 Å². The maximum atomic E-state index is 12.1. The Labute approximate surface area is 159 Å². The fourth-order valence-corrected chi connectivity index (χ4v) is 2.17. The maximum Gasteiger partial charge on any atom is 0.269 e. The Morgan fingerprint density at radius 1 is 1.04 bits per heavy atom. The molecule has 2 rings (SSSR count). The van der Waals surface area contributed by atoms with Gasteiger partial charge in [0.2, 0.25) is 0 Å². The van der Waals surface area contributed by atoms with Crippen LogP contribution in [-0.2, 0) is 4.79 Å². The van der Waals surface area contributed by atoms with E-state index in [9.17, 15) is 9.59 Å². The van der Waals surface area contributed by atoms with Crippen molar-refractivity contribution in [3.63, 3.8) is 0 Å². The molecule has 0 aliphatic rings. The summed E-state index contributed by atoms with van der Waals surface area (Å²) in [5, 5.41) is 0. The van der Waals surface area contributed by atoms with Gasteiger partial charge in [0.1, 0.15) is 11.5 Å². The third-order valence-electron chi connectivity index (χ3n) is 3.55. The molecule has 0 unspecified atom stereocenters. The minimum atomic E-state index is -0.453. The highest BCUT2D eigenvalue weighted by molar-refractivity contribution is 5.98. The average Bonchev–Trinajstić information content (AvgIpc) is 2.69. The number of carbonyl (C=O) groups is 2. The number of hydrazine groups is 1. The molecule has 0 saturated carbocycles. The van der Waals surface area contributed by atoms with Crippen molar-refractivity contribution in [1.82, 2.24) is 10.9 Å². The van der Waals surface area contributed by atoms with E-state index in [0.717, 1.165) is 5.56 Å². The Balaban J connectivity index is 1.85. The number of methoxy groups -OCH3 is 1. The highest BCUT2D eigenvalue weighted by Crippen LogP contribution is 2.18. The molecule has 2 aromatic carbocycles. The lowest BCUT2D eigenvalue weighted by Crippen LogP contribution is -2.40. The van der Waals surface area contributed by atoms with E-state index in [1.807, 2.05) is 18.2 Å². The van der Waals surface area contributed by atoms with Gasteiger partial charge in [0.25, 0.3) is 11.8 Å². The number of benzene rings is 2. The van der Waals surface area contributed by atoms with Crippen LogP contribution in [0.25, 0.3) is 6.08 Å². The van der Waals surface area contributed by atoms with Crippen molar-refractivity contribution in [2.75, 3.05) is 13.7 Å². The van der Waals surface area contributed by atoms with E-state index in [0.29, 0.717) is 29.6 Å². The quantitative estimate of drug-likeness (QED) is 0.581. The number of nitrogens with one attached hydrogen (secondary N) is 2. The van der Waals surface area contributed by atoms with Crippen LogP contribution < -0.4 is 20.3 Å². The first-order chi connectivity index (χ1) is 13.0. The molecule has 0 heterocycles. The lowest BCUT2D eigenvalue weighted by atomic mass is 10.2. The van der Waals surface area contributed by atoms with Gasteiger partial charge in [0, 0.05) is 17.2 Å². The fourth-order valence-electron chi connectivity index (χ4n) is 2.17. The van der Waals surface area contributed by atoms with Gasteiger partial charge in [-0.15, -0.1) is 0 Å². The molecule has 0 aliphatic heterocycles. The predicted molar refractivity (Wildman–Crippen MR) is 104 cm³/mol. The molecule has 142 valence electrons. The van der Waals surface area contributed by atoms with Gasteiger partial charge in [-0.1, -0.05) is 32.0 Å². The lowest BCUT2D eigenvalue weighted by Gasteiger charge is -2.09. The molecular formula is C21H24N2O4. The van der Waals surface area contributed by atoms with E-state index in [4.69, 9.17) is 9.47 Å². The Bertz CT molecular complexity index is 798. The van der Waals surface area contributed by atoms with Crippen molar-refractivity contribution in [3.05, 3.63) is 65.7 Å². The summed E-state index contributed by atoms with van der Waals surface area (Å²) in [6.45, 7) is 4.74. The second-order valence-corrected chi connectivity index (χ2v) is 6.25. The topological polar surface area (TPSA) is 76.7 Å². The van der Waals surface area contributed by atoms with Crippen molar-refractivity contribution in [3.8, 4) is 11.5 Å². The summed E-state index contributed by atoms with van der Waals surface area (Å²) in [6.07, 6.45) is 2.93. The summed E-state index contributed by atoms with van der Waals surface area (Å²) < 4.78 is 10.8. The van der Waals surface area contributed by atoms with Gasteiger partial charge < -0.3 is 9.47 Å². The normalized spacial score (nSPS) is 10.7. The van der Waals surface area contributed by atoms with Crippen LogP contribution in [0.1, 0.15) is 29.8 Å². The summed E-state index contributed by atoms with van der Waals surface area (Å²) >= 11 is 0. The van der Waals surface area contributed by atoms with E-state index in [2.05, 4.69) is 24.7 Å². The zero-order valence-electron chi connectivity index (χ0n) is 15.7. The first-order valence-electron chi connectivity index (χ1n) is 8.64.